The van der Waals surface area contributed by atoms with Crippen molar-refractivity contribution in [3.63, 3.8) is 0 Å². The average molecular weight is 260 g/mol. The molecule has 1 unspecified atom stereocenters. The molecule has 0 aliphatic heterocycles. The van der Waals surface area contributed by atoms with Crippen LogP contribution in [-0.2, 0) is 9.13 Å². The maximum absolute atomic E-state index is 11.2. The maximum atomic E-state index is 11.2. The quantitative estimate of drug-likeness (QED) is 0.757. The number of ether oxygens (including phenoxy) is 2. The van der Waals surface area contributed by atoms with Gasteiger partial charge in [-0.1, -0.05) is 0 Å². The first kappa shape index (κ1) is 13.2. The Morgan fingerprint density at radius 1 is 1.19 bits per heavy atom. The van der Waals surface area contributed by atoms with Crippen LogP contribution in [-0.4, -0.2) is 13.2 Å². The maximum Gasteiger partial charge on any atom is 0.353 e. The summed E-state index contributed by atoms with van der Waals surface area (Å²) in [5.74, 6) is 0.762. The fourth-order valence-electron chi connectivity index (χ4n) is 1.31. The van der Waals surface area contributed by atoms with Crippen molar-refractivity contribution in [3.05, 3.63) is 12.1 Å². The Morgan fingerprint density at radius 3 is 2.31 bits per heavy atom. The first-order valence-corrected chi connectivity index (χ1v) is 6.69. The van der Waals surface area contributed by atoms with Crippen molar-refractivity contribution in [2.45, 2.75) is 13.8 Å². The smallest absolute Gasteiger partial charge is 0.353 e. The monoisotopic (exact) mass is 260 g/mol. The Labute approximate surface area is 97.4 Å². The van der Waals surface area contributed by atoms with Crippen LogP contribution < -0.4 is 20.1 Å². The van der Waals surface area contributed by atoms with Gasteiger partial charge in [0.2, 0.25) is 0 Å². The van der Waals surface area contributed by atoms with Gasteiger partial charge in [-0.25, -0.2) is 9.13 Å². The molecule has 0 aliphatic carbocycles. The summed E-state index contributed by atoms with van der Waals surface area (Å²) in [6.07, 6.45) is 0. The molecule has 1 rings (SSSR count). The second kappa shape index (κ2) is 6.03. The fraction of sp³-hybridized carbons (Fsp3) is 0.400. The largest absolute Gasteiger partial charge is 0.490 e. The van der Waals surface area contributed by atoms with E-state index in [1.807, 2.05) is 6.92 Å². The molecule has 0 amide bonds. The molecular weight excluding hydrogens is 246 g/mol. The van der Waals surface area contributed by atoms with Gasteiger partial charge in [-0.3, -0.25) is 0 Å². The topological polar surface area (TPSA) is 52.6 Å². The van der Waals surface area contributed by atoms with Crippen LogP contribution in [0.2, 0.25) is 0 Å². The minimum atomic E-state index is -2.70. The highest BCUT2D eigenvalue weighted by Crippen LogP contribution is 2.29. The molecule has 0 fully saturated rings. The number of hydrogen-bond donors (Lipinski definition) is 0. The predicted molar refractivity (Wildman–Crippen MR) is 66.1 cm³/mol. The molecule has 0 saturated carbocycles. The third kappa shape index (κ3) is 2.84. The third-order valence-electron chi connectivity index (χ3n) is 1.90. The lowest BCUT2D eigenvalue weighted by molar-refractivity contribution is 0.290. The summed E-state index contributed by atoms with van der Waals surface area (Å²) < 4.78 is 33.0. The molecule has 0 bridgehead atoms. The molecular formula is C10H14O4P2. The average Bonchev–Trinajstić information content (AvgIpc) is 2.22. The molecule has 0 N–H and O–H groups in total. The van der Waals surface area contributed by atoms with E-state index in [1.54, 1.807) is 19.1 Å². The molecule has 0 saturated heterocycles. The highest BCUT2D eigenvalue weighted by atomic mass is 31.1. The summed E-state index contributed by atoms with van der Waals surface area (Å²) in [5, 5.41) is 0.760. The first-order valence-electron chi connectivity index (χ1n) is 4.94. The summed E-state index contributed by atoms with van der Waals surface area (Å²) in [6, 6.07) is 3.39. The molecule has 1 atom stereocenters. The van der Waals surface area contributed by atoms with Crippen LogP contribution in [0.15, 0.2) is 12.1 Å². The number of benzene rings is 1. The van der Waals surface area contributed by atoms with Crippen molar-refractivity contribution in [2.24, 2.45) is 0 Å². The van der Waals surface area contributed by atoms with E-state index in [2.05, 4.69) is 9.24 Å². The van der Waals surface area contributed by atoms with Gasteiger partial charge in [-0.15, -0.1) is 9.24 Å². The van der Waals surface area contributed by atoms with Crippen LogP contribution in [0, 0.1) is 0 Å². The molecule has 16 heavy (non-hydrogen) atoms. The molecule has 0 heterocycles. The molecule has 0 radical (unpaired) electrons. The third-order valence-corrected chi connectivity index (χ3v) is 3.45. The lowest BCUT2D eigenvalue weighted by Gasteiger charge is -2.13. The van der Waals surface area contributed by atoms with Crippen molar-refractivity contribution in [3.8, 4) is 11.5 Å². The van der Waals surface area contributed by atoms with Gasteiger partial charge in [0.1, 0.15) is 5.30 Å². The van der Waals surface area contributed by atoms with E-state index in [1.165, 1.54) is 0 Å². The summed E-state index contributed by atoms with van der Waals surface area (Å²) in [7, 11) is -0.323. The van der Waals surface area contributed by atoms with Crippen LogP contribution in [0.25, 0.3) is 0 Å². The summed E-state index contributed by atoms with van der Waals surface area (Å²) >= 11 is 0. The SMILES string of the molecule is CCOc1ccc(P)c(P(=O)=O)c1OCC. The predicted octanol–water partition coefficient (Wildman–Crippen LogP) is 1.78. The number of rotatable bonds is 5. The van der Waals surface area contributed by atoms with Crippen molar-refractivity contribution in [1.29, 1.82) is 0 Å². The van der Waals surface area contributed by atoms with Crippen LogP contribution in [0.3, 0.4) is 0 Å². The van der Waals surface area contributed by atoms with Crippen LogP contribution in [0.1, 0.15) is 13.8 Å². The molecule has 1 aromatic rings. The Hall–Kier alpha value is -0.850. The van der Waals surface area contributed by atoms with Crippen molar-refractivity contribution >= 4 is 27.5 Å². The molecule has 0 spiro atoms. The van der Waals surface area contributed by atoms with Crippen LogP contribution in [0.5, 0.6) is 11.5 Å². The second-order valence-electron chi connectivity index (χ2n) is 2.95. The minimum absolute atomic E-state index is 0.174. The van der Waals surface area contributed by atoms with Crippen LogP contribution in [0.4, 0.5) is 0 Å². The second-order valence-corrected chi connectivity index (χ2v) is 4.54. The van der Waals surface area contributed by atoms with Crippen molar-refractivity contribution in [2.75, 3.05) is 13.2 Å². The highest BCUT2D eigenvalue weighted by Gasteiger charge is 2.17. The van der Waals surface area contributed by atoms with Gasteiger partial charge in [0.25, 0.3) is 0 Å². The molecule has 1 aromatic carbocycles. The Bertz CT molecular complexity index is 433. The zero-order chi connectivity index (χ0) is 12.1. The lowest BCUT2D eigenvalue weighted by Crippen LogP contribution is -2.18. The van der Waals surface area contributed by atoms with E-state index < -0.39 is 7.68 Å². The molecule has 0 aliphatic rings. The van der Waals surface area contributed by atoms with Gasteiger partial charge in [-0.2, -0.15) is 0 Å². The standard InChI is InChI=1S/C10H14O4P2/c1-3-13-7-5-6-8(15)10(16(11)12)9(7)14-4-2/h5-6H,3-4,15H2,1-2H3. The highest BCUT2D eigenvalue weighted by molar-refractivity contribution is 7.44. The zero-order valence-corrected chi connectivity index (χ0v) is 11.3. The van der Waals surface area contributed by atoms with E-state index in [9.17, 15) is 9.13 Å². The summed E-state index contributed by atoms with van der Waals surface area (Å²) in [5.41, 5.74) is 0. The van der Waals surface area contributed by atoms with E-state index in [4.69, 9.17) is 9.47 Å². The van der Waals surface area contributed by atoms with Gasteiger partial charge in [-0.05, 0) is 31.3 Å². The van der Waals surface area contributed by atoms with Gasteiger partial charge >= 0.3 is 7.68 Å². The zero-order valence-electron chi connectivity index (χ0n) is 9.23. The van der Waals surface area contributed by atoms with Gasteiger partial charge in [0.15, 0.2) is 11.5 Å². The Balaban J connectivity index is 3.36. The van der Waals surface area contributed by atoms with E-state index in [0.29, 0.717) is 30.0 Å². The molecule has 4 nitrogen and oxygen atoms in total. The van der Waals surface area contributed by atoms with E-state index >= 15 is 0 Å². The Morgan fingerprint density at radius 2 is 1.81 bits per heavy atom. The molecule has 6 heteroatoms. The number of hydrogen-bond acceptors (Lipinski definition) is 4. The summed E-state index contributed by atoms with van der Waals surface area (Å²) in [6.45, 7) is 4.49. The normalized spacial score (nSPS) is 9.94. The van der Waals surface area contributed by atoms with Gasteiger partial charge < -0.3 is 9.47 Å². The van der Waals surface area contributed by atoms with Gasteiger partial charge in [0, 0.05) is 0 Å². The van der Waals surface area contributed by atoms with Gasteiger partial charge in [0.05, 0.1) is 13.2 Å². The molecule has 0 aromatic heterocycles. The fourth-order valence-corrected chi connectivity index (χ4v) is 2.48. The minimum Gasteiger partial charge on any atom is -0.490 e. The summed E-state index contributed by atoms with van der Waals surface area (Å²) in [4.78, 5) is 0. The van der Waals surface area contributed by atoms with Crippen molar-refractivity contribution < 1.29 is 18.6 Å². The molecule has 88 valence electrons. The van der Waals surface area contributed by atoms with Crippen LogP contribution >= 0.6 is 16.9 Å². The van der Waals surface area contributed by atoms with Crippen molar-refractivity contribution in [1.82, 2.24) is 0 Å². The lowest BCUT2D eigenvalue weighted by atomic mass is 10.3. The first-order chi connectivity index (χ1) is 7.61. The van der Waals surface area contributed by atoms with E-state index in [0.717, 1.165) is 0 Å². The van der Waals surface area contributed by atoms with E-state index in [-0.39, 0.29) is 5.30 Å². The Kier molecular flexibility index (Phi) is 4.98.